The van der Waals surface area contributed by atoms with Crippen LogP contribution in [-0.4, -0.2) is 53.5 Å². The number of pyridine rings is 1. The van der Waals surface area contributed by atoms with Gasteiger partial charge in [0.1, 0.15) is 5.69 Å². The molecule has 0 spiro atoms. The number of nitrogens with zero attached hydrogens (tertiary/aromatic N) is 2. The van der Waals surface area contributed by atoms with E-state index in [9.17, 15) is 18.0 Å². The van der Waals surface area contributed by atoms with Gasteiger partial charge in [-0.25, -0.2) is 0 Å². The summed E-state index contributed by atoms with van der Waals surface area (Å²) in [7, 11) is 0. The van der Waals surface area contributed by atoms with Gasteiger partial charge in [0.2, 0.25) is 0 Å². The summed E-state index contributed by atoms with van der Waals surface area (Å²) < 4.78 is 43.7. The Hall–Kier alpha value is -1.28. The molecule has 2 heterocycles. The highest BCUT2D eigenvalue weighted by atomic mass is 32.2. The molecule has 2 rings (SSSR count). The first-order valence-corrected chi connectivity index (χ1v) is 8.17. The predicted molar refractivity (Wildman–Crippen MR) is 77.7 cm³/mol. The Morgan fingerprint density at radius 2 is 2.27 bits per heavy atom. The molecule has 22 heavy (non-hydrogen) atoms. The van der Waals surface area contributed by atoms with Crippen molar-refractivity contribution >= 4 is 17.7 Å². The third-order valence-electron chi connectivity index (χ3n) is 3.54. The van der Waals surface area contributed by atoms with Crippen LogP contribution in [0, 0.1) is 0 Å². The van der Waals surface area contributed by atoms with Gasteiger partial charge in [-0.2, -0.15) is 24.9 Å². The molecule has 0 N–H and O–H groups in total. The highest BCUT2D eigenvalue weighted by molar-refractivity contribution is 7.97. The molecule has 122 valence electrons. The van der Waals surface area contributed by atoms with Crippen molar-refractivity contribution in [1.82, 2.24) is 9.88 Å². The molecule has 1 saturated heterocycles. The fourth-order valence-corrected chi connectivity index (χ4v) is 3.02. The normalized spacial score (nSPS) is 22.7. The van der Waals surface area contributed by atoms with Crippen molar-refractivity contribution in [2.75, 3.05) is 19.4 Å². The maximum atomic E-state index is 12.9. The summed E-state index contributed by atoms with van der Waals surface area (Å²) in [5.41, 5.74) is 0.939. The number of carbonyl (C=O) groups is 1. The van der Waals surface area contributed by atoms with Crippen molar-refractivity contribution in [2.45, 2.75) is 31.0 Å². The molecule has 0 aliphatic carbocycles. The number of carbonyl (C=O) groups excluding carboxylic acids is 1. The molecule has 4 nitrogen and oxygen atoms in total. The third kappa shape index (κ3) is 3.55. The summed E-state index contributed by atoms with van der Waals surface area (Å²) in [5, 5.41) is 0. The molecule has 0 saturated carbocycles. The first-order chi connectivity index (χ1) is 10.4. The Labute approximate surface area is 131 Å². The first kappa shape index (κ1) is 17.1. The number of aromatic nitrogens is 1. The molecule has 1 aromatic rings. The fraction of sp³-hybridized carbons (Fsp3) is 0.571. The molecule has 1 aliphatic rings. The minimum Gasteiger partial charge on any atom is -0.365 e. The number of thioether (sulfide) groups is 1. The molecule has 1 fully saturated rings. The summed E-state index contributed by atoms with van der Waals surface area (Å²) in [6.45, 7) is 1.35. The molecule has 0 aromatic carbocycles. The van der Waals surface area contributed by atoms with Crippen LogP contribution >= 0.6 is 11.8 Å². The summed E-state index contributed by atoms with van der Waals surface area (Å²) in [6, 6.07) is 2.40. The average molecular weight is 334 g/mol. The standard InChI is InChI=1S/C14H17F3N2O2S/c1-9-12(14(15,16)17)21-7-6-19(9)13(20)11-10(8-22-2)4-3-5-18-11/h3-5,9,12H,6-8H2,1-2H3/t9-,12-/m0/s1. The van der Waals surface area contributed by atoms with Crippen LogP contribution in [0.4, 0.5) is 13.2 Å². The van der Waals surface area contributed by atoms with Crippen molar-refractivity contribution in [3.63, 3.8) is 0 Å². The second kappa shape index (κ2) is 6.87. The number of ether oxygens (including phenoxy) is 1. The quantitative estimate of drug-likeness (QED) is 0.852. The smallest absolute Gasteiger partial charge is 0.365 e. The number of amides is 1. The third-order valence-corrected chi connectivity index (χ3v) is 4.14. The molecule has 0 bridgehead atoms. The fourth-order valence-electron chi connectivity index (χ4n) is 2.48. The Morgan fingerprint density at radius 1 is 1.55 bits per heavy atom. The van der Waals surface area contributed by atoms with E-state index in [1.807, 2.05) is 6.26 Å². The van der Waals surface area contributed by atoms with Crippen molar-refractivity contribution in [2.24, 2.45) is 0 Å². The zero-order chi connectivity index (χ0) is 16.3. The van der Waals surface area contributed by atoms with Gasteiger partial charge in [0.15, 0.2) is 6.10 Å². The Kier molecular flexibility index (Phi) is 5.33. The van der Waals surface area contributed by atoms with Gasteiger partial charge in [-0.15, -0.1) is 0 Å². The monoisotopic (exact) mass is 334 g/mol. The lowest BCUT2D eigenvalue weighted by Gasteiger charge is -2.39. The largest absolute Gasteiger partial charge is 0.416 e. The van der Waals surface area contributed by atoms with Gasteiger partial charge in [0.05, 0.1) is 12.6 Å². The van der Waals surface area contributed by atoms with Gasteiger partial charge in [-0.3, -0.25) is 9.78 Å². The van der Waals surface area contributed by atoms with Crippen molar-refractivity contribution in [3.8, 4) is 0 Å². The molecule has 0 radical (unpaired) electrons. The van der Waals surface area contributed by atoms with Crippen molar-refractivity contribution < 1.29 is 22.7 Å². The summed E-state index contributed by atoms with van der Waals surface area (Å²) in [5.74, 6) is 0.103. The summed E-state index contributed by atoms with van der Waals surface area (Å²) >= 11 is 1.52. The number of hydrogen-bond donors (Lipinski definition) is 0. The van der Waals surface area contributed by atoms with Crippen LogP contribution < -0.4 is 0 Å². The van der Waals surface area contributed by atoms with Crippen LogP contribution in [0.15, 0.2) is 18.3 Å². The average Bonchev–Trinajstić information content (AvgIpc) is 2.46. The molecular formula is C14H17F3N2O2S. The maximum absolute atomic E-state index is 12.9. The number of alkyl halides is 3. The SMILES string of the molecule is CSCc1cccnc1C(=O)N1CCO[C@H](C(F)(F)F)[C@@H]1C. The van der Waals surface area contributed by atoms with Gasteiger partial charge < -0.3 is 9.64 Å². The van der Waals surface area contributed by atoms with E-state index in [0.29, 0.717) is 5.75 Å². The van der Waals surface area contributed by atoms with Crippen LogP contribution in [-0.2, 0) is 10.5 Å². The van der Waals surface area contributed by atoms with E-state index in [4.69, 9.17) is 4.74 Å². The number of hydrogen-bond acceptors (Lipinski definition) is 4. The Balaban J connectivity index is 2.25. The summed E-state index contributed by atoms with van der Waals surface area (Å²) in [4.78, 5) is 17.9. The zero-order valence-electron chi connectivity index (χ0n) is 12.3. The lowest BCUT2D eigenvalue weighted by atomic mass is 10.1. The van der Waals surface area contributed by atoms with Crippen LogP contribution in [0.3, 0.4) is 0 Å². The lowest BCUT2D eigenvalue weighted by Crippen LogP contribution is -2.57. The molecule has 0 unspecified atom stereocenters. The minimum absolute atomic E-state index is 0.127. The van der Waals surface area contributed by atoms with Crippen molar-refractivity contribution in [1.29, 1.82) is 0 Å². The topological polar surface area (TPSA) is 42.4 Å². The Bertz CT molecular complexity index is 539. The van der Waals surface area contributed by atoms with E-state index >= 15 is 0 Å². The van der Waals surface area contributed by atoms with Gasteiger partial charge in [-0.05, 0) is 24.8 Å². The number of rotatable bonds is 3. The molecule has 8 heteroatoms. The van der Waals surface area contributed by atoms with Crippen LogP contribution in [0.2, 0.25) is 0 Å². The highest BCUT2D eigenvalue weighted by Gasteiger charge is 2.49. The summed E-state index contributed by atoms with van der Waals surface area (Å²) in [6.07, 6.45) is -3.09. The van der Waals surface area contributed by atoms with Gasteiger partial charge in [-0.1, -0.05) is 6.07 Å². The Morgan fingerprint density at radius 3 is 2.91 bits per heavy atom. The maximum Gasteiger partial charge on any atom is 0.416 e. The van der Waals surface area contributed by atoms with Crippen LogP contribution in [0.5, 0.6) is 0 Å². The van der Waals surface area contributed by atoms with Crippen molar-refractivity contribution in [3.05, 3.63) is 29.6 Å². The van der Waals surface area contributed by atoms with Gasteiger partial charge >= 0.3 is 6.18 Å². The van der Waals surface area contributed by atoms with Gasteiger partial charge in [0, 0.05) is 18.5 Å². The lowest BCUT2D eigenvalue weighted by molar-refractivity contribution is -0.247. The van der Waals surface area contributed by atoms with Crippen LogP contribution in [0.1, 0.15) is 23.0 Å². The first-order valence-electron chi connectivity index (χ1n) is 6.78. The zero-order valence-corrected chi connectivity index (χ0v) is 13.1. The van der Waals surface area contributed by atoms with E-state index in [1.165, 1.54) is 29.8 Å². The van der Waals surface area contributed by atoms with E-state index in [1.54, 1.807) is 12.1 Å². The van der Waals surface area contributed by atoms with Crippen LogP contribution in [0.25, 0.3) is 0 Å². The van der Waals surface area contributed by atoms with E-state index < -0.39 is 24.2 Å². The second-order valence-corrected chi connectivity index (χ2v) is 5.88. The number of halogens is 3. The minimum atomic E-state index is -4.50. The van der Waals surface area contributed by atoms with E-state index in [2.05, 4.69) is 4.98 Å². The number of morpholine rings is 1. The molecule has 1 amide bonds. The second-order valence-electron chi connectivity index (χ2n) is 5.02. The van der Waals surface area contributed by atoms with Gasteiger partial charge in [0.25, 0.3) is 5.91 Å². The molecule has 2 atom stereocenters. The predicted octanol–water partition coefficient (Wildman–Crippen LogP) is 2.74. The van der Waals surface area contributed by atoms with E-state index in [-0.39, 0.29) is 18.8 Å². The highest BCUT2D eigenvalue weighted by Crippen LogP contribution is 2.30. The van der Waals surface area contributed by atoms with E-state index in [0.717, 1.165) is 5.56 Å². The molecular weight excluding hydrogens is 317 g/mol. The molecule has 1 aliphatic heterocycles. The molecule has 1 aromatic heterocycles.